The zero-order valence-electron chi connectivity index (χ0n) is 16.3. The van der Waals surface area contributed by atoms with Crippen molar-refractivity contribution in [1.29, 1.82) is 0 Å². The fourth-order valence-corrected chi connectivity index (χ4v) is 5.05. The van der Waals surface area contributed by atoms with Crippen LogP contribution in [-0.4, -0.2) is 47.5 Å². The highest BCUT2D eigenvalue weighted by Gasteiger charge is 2.50. The van der Waals surface area contributed by atoms with Crippen LogP contribution in [0.4, 0.5) is 4.79 Å². The van der Waals surface area contributed by atoms with E-state index in [0.29, 0.717) is 0 Å². The predicted octanol–water partition coefficient (Wildman–Crippen LogP) is 2.87. The molecule has 0 saturated heterocycles. The number of ether oxygens (including phenoxy) is 4. The molecule has 1 unspecified atom stereocenters. The fraction of sp³-hybridized carbons (Fsp3) is 0.238. The van der Waals surface area contributed by atoms with E-state index in [2.05, 4.69) is 0 Å². The number of carbonyl (C=O) groups excluding carboxylic acids is 2. The summed E-state index contributed by atoms with van der Waals surface area (Å²) in [7, 11) is -1.46. The molecule has 0 aromatic heterocycles. The molecule has 8 nitrogen and oxygen atoms in total. The molecule has 0 saturated carbocycles. The Bertz CT molecular complexity index is 1040. The molecule has 2 aromatic carbocycles. The second-order valence-corrected chi connectivity index (χ2v) is 8.26. The van der Waals surface area contributed by atoms with Crippen molar-refractivity contribution in [2.24, 2.45) is 0 Å². The van der Waals surface area contributed by atoms with E-state index in [1.54, 1.807) is 36.4 Å². The maximum absolute atomic E-state index is 13.3. The number of carbonyl (C=O) groups is 2. The second-order valence-electron chi connectivity index (χ2n) is 6.29. The van der Waals surface area contributed by atoms with Crippen molar-refractivity contribution in [2.75, 3.05) is 20.8 Å². The van der Waals surface area contributed by atoms with Crippen LogP contribution < -0.4 is 0 Å². The maximum atomic E-state index is 13.3. The molecule has 1 aliphatic heterocycles. The summed E-state index contributed by atoms with van der Waals surface area (Å²) in [5.41, 5.74) is 0.514. The zero-order valence-corrected chi connectivity index (χ0v) is 17.1. The molecule has 1 aliphatic rings. The van der Waals surface area contributed by atoms with Crippen molar-refractivity contribution < 1.29 is 37.0 Å². The first-order valence-corrected chi connectivity index (χ1v) is 10.5. The number of hydrogen-bond acceptors (Lipinski definition) is 8. The van der Waals surface area contributed by atoms with Gasteiger partial charge in [-0.05, 0) is 11.1 Å². The average molecular weight is 432 g/mol. The number of sulfone groups is 1. The van der Waals surface area contributed by atoms with Crippen LogP contribution in [0.2, 0.25) is 0 Å². The van der Waals surface area contributed by atoms with Gasteiger partial charge >= 0.3 is 6.16 Å². The van der Waals surface area contributed by atoms with E-state index >= 15 is 0 Å². The van der Waals surface area contributed by atoms with Gasteiger partial charge in [-0.2, -0.15) is 0 Å². The van der Waals surface area contributed by atoms with E-state index in [-0.39, 0.29) is 22.6 Å². The van der Waals surface area contributed by atoms with Gasteiger partial charge in [-0.1, -0.05) is 60.7 Å². The van der Waals surface area contributed by atoms with Crippen molar-refractivity contribution in [3.8, 4) is 0 Å². The number of hydrogen-bond donors (Lipinski definition) is 0. The van der Waals surface area contributed by atoms with Crippen molar-refractivity contribution in [3.63, 3.8) is 0 Å². The van der Waals surface area contributed by atoms with Gasteiger partial charge in [0.25, 0.3) is 0 Å². The highest BCUT2D eigenvalue weighted by molar-refractivity contribution is 8.02. The topological polar surface area (TPSA) is 105 Å². The number of ketones is 1. The van der Waals surface area contributed by atoms with Crippen molar-refractivity contribution in [3.05, 3.63) is 77.5 Å². The predicted molar refractivity (Wildman–Crippen MR) is 107 cm³/mol. The first-order valence-electron chi connectivity index (χ1n) is 8.93. The maximum Gasteiger partial charge on any atom is 0.514 e. The number of benzene rings is 2. The number of allylic oxidation sites excluding steroid dienone is 1. The van der Waals surface area contributed by atoms with E-state index in [9.17, 15) is 18.0 Å². The first kappa shape index (κ1) is 21.7. The third kappa shape index (κ3) is 4.28. The lowest BCUT2D eigenvalue weighted by molar-refractivity contribution is -0.133. The first-order chi connectivity index (χ1) is 14.4. The molecule has 1 heterocycles. The van der Waals surface area contributed by atoms with Gasteiger partial charge in [-0.25, -0.2) is 13.2 Å². The normalized spacial score (nSPS) is 18.0. The van der Waals surface area contributed by atoms with Crippen LogP contribution in [0, 0.1) is 0 Å². The molecule has 0 amide bonds. The lowest BCUT2D eigenvalue weighted by Gasteiger charge is -2.13. The average Bonchev–Trinajstić information content (AvgIpc) is 2.94. The van der Waals surface area contributed by atoms with Crippen LogP contribution in [0.3, 0.4) is 0 Å². The molecule has 0 bridgehead atoms. The summed E-state index contributed by atoms with van der Waals surface area (Å²) in [6, 6.07) is 16.0. The van der Waals surface area contributed by atoms with Crippen LogP contribution in [0.5, 0.6) is 0 Å². The standard InChI is InChI=1S/C21H20O8S/c1-26-16(27-2)13-28-21(23)29-18-17(22)19(14-9-5-3-6-10-14)30(24,25)20(18)15-11-7-4-8-12-15/h3-12,16,19H,13H2,1-2H3. The Morgan fingerprint density at radius 2 is 1.53 bits per heavy atom. The molecule has 3 rings (SSSR count). The summed E-state index contributed by atoms with van der Waals surface area (Å²) in [5, 5.41) is -1.51. The van der Waals surface area contributed by atoms with E-state index in [0.717, 1.165) is 0 Å². The molecular weight excluding hydrogens is 412 g/mol. The smallest absolute Gasteiger partial charge is 0.429 e. The minimum Gasteiger partial charge on any atom is -0.429 e. The molecule has 0 aliphatic carbocycles. The highest BCUT2D eigenvalue weighted by Crippen LogP contribution is 2.44. The summed E-state index contributed by atoms with van der Waals surface area (Å²) in [6.45, 7) is -0.303. The Morgan fingerprint density at radius 1 is 0.967 bits per heavy atom. The Labute approximate surface area is 173 Å². The molecule has 0 spiro atoms. The summed E-state index contributed by atoms with van der Waals surface area (Å²) in [4.78, 5) is 24.9. The molecule has 2 aromatic rings. The monoisotopic (exact) mass is 432 g/mol. The molecule has 158 valence electrons. The summed E-state index contributed by atoms with van der Waals surface area (Å²) < 4.78 is 46.4. The summed E-state index contributed by atoms with van der Waals surface area (Å²) in [5.74, 6) is -1.42. The minimum absolute atomic E-state index is 0.235. The van der Waals surface area contributed by atoms with Gasteiger partial charge in [0, 0.05) is 14.2 Å². The van der Waals surface area contributed by atoms with E-state index < -0.39 is 39.1 Å². The molecule has 30 heavy (non-hydrogen) atoms. The third-order valence-corrected chi connectivity index (χ3v) is 6.55. The Balaban J connectivity index is 1.99. The molecule has 0 N–H and O–H groups in total. The number of Topliss-reactive ketones (excluding diaryl/α,β-unsaturated/α-hetero) is 1. The highest BCUT2D eigenvalue weighted by atomic mass is 32.2. The Hall–Kier alpha value is -3.01. The van der Waals surface area contributed by atoms with Gasteiger partial charge in [0.1, 0.15) is 11.5 Å². The third-order valence-electron chi connectivity index (χ3n) is 4.45. The van der Waals surface area contributed by atoms with E-state index in [1.165, 1.54) is 38.5 Å². The minimum atomic E-state index is -4.17. The second kappa shape index (κ2) is 9.21. The lowest BCUT2D eigenvalue weighted by Crippen LogP contribution is -2.23. The number of rotatable bonds is 7. The van der Waals surface area contributed by atoms with Crippen LogP contribution in [0.1, 0.15) is 16.4 Å². The van der Waals surface area contributed by atoms with Crippen molar-refractivity contribution in [1.82, 2.24) is 0 Å². The molecule has 0 fully saturated rings. The molecular formula is C21H20O8S. The van der Waals surface area contributed by atoms with Crippen LogP contribution in [-0.2, 0) is 33.6 Å². The SMILES string of the molecule is COC(COC(=O)OC1=C(c2ccccc2)S(=O)(=O)C(c2ccccc2)C1=O)OC. The van der Waals surface area contributed by atoms with Gasteiger partial charge in [0.15, 0.2) is 27.1 Å². The van der Waals surface area contributed by atoms with Gasteiger partial charge in [0.05, 0.1) is 0 Å². The summed E-state index contributed by atoms with van der Waals surface area (Å²) in [6.07, 6.45) is -2.07. The van der Waals surface area contributed by atoms with Crippen LogP contribution >= 0.6 is 0 Å². The number of methoxy groups -OCH3 is 2. The van der Waals surface area contributed by atoms with E-state index in [4.69, 9.17) is 18.9 Å². The summed E-state index contributed by atoms with van der Waals surface area (Å²) >= 11 is 0. The van der Waals surface area contributed by atoms with E-state index in [1.807, 2.05) is 0 Å². The quantitative estimate of drug-likeness (QED) is 0.486. The van der Waals surface area contributed by atoms with Gasteiger partial charge in [-0.15, -0.1) is 0 Å². The molecule has 0 radical (unpaired) electrons. The molecule has 9 heteroatoms. The van der Waals surface area contributed by atoms with Gasteiger partial charge < -0.3 is 18.9 Å². The van der Waals surface area contributed by atoms with Crippen molar-refractivity contribution in [2.45, 2.75) is 11.5 Å². The van der Waals surface area contributed by atoms with Crippen molar-refractivity contribution >= 4 is 26.7 Å². The molecule has 1 atom stereocenters. The zero-order chi connectivity index (χ0) is 21.7. The lowest BCUT2D eigenvalue weighted by atomic mass is 10.1. The fourth-order valence-electron chi connectivity index (χ4n) is 3.04. The van der Waals surface area contributed by atoms with Crippen LogP contribution in [0.15, 0.2) is 66.4 Å². The van der Waals surface area contributed by atoms with Gasteiger partial charge in [0.2, 0.25) is 5.78 Å². The largest absolute Gasteiger partial charge is 0.514 e. The van der Waals surface area contributed by atoms with Crippen LogP contribution in [0.25, 0.3) is 4.91 Å². The van der Waals surface area contributed by atoms with Gasteiger partial charge in [-0.3, -0.25) is 4.79 Å². The Morgan fingerprint density at radius 3 is 2.10 bits per heavy atom. The Kier molecular flexibility index (Phi) is 6.66.